The molecule has 0 spiro atoms. The van der Waals surface area contributed by atoms with E-state index < -0.39 is 12.2 Å². The number of hydrogen-bond donors (Lipinski definition) is 0. The molecule has 0 atom stereocenters. The van der Waals surface area contributed by atoms with Crippen LogP contribution in [0.15, 0.2) is 22.3 Å². The second-order valence-electron chi connectivity index (χ2n) is 3.79. The Kier molecular flexibility index (Phi) is 3.53. The van der Waals surface area contributed by atoms with Crippen LogP contribution in [0.3, 0.4) is 0 Å². The van der Waals surface area contributed by atoms with Gasteiger partial charge >= 0.3 is 102 Å². The van der Waals surface area contributed by atoms with E-state index in [0.717, 1.165) is 0 Å². The second-order valence-corrected chi connectivity index (χ2v) is 21.0. The zero-order chi connectivity index (χ0) is 11.3. The number of rotatable bonds is 1. The van der Waals surface area contributed by atoms with Gasteiger partial charge in [-0.2, -0.15) is 0 Å². The topological polar surface area (TPSA) is 0 Å². The molecule has 0 aromatic rings. The molecule has 1 rings (SSSR count). The monoisotopic (exact) mass is 433 g/mol. The third-order valence-corrected chi connectivity index (χ3v) is 14.1. The Labute approximate surface area is 101 Å². The Hall–Kier alpha value is 0.999. The Morgan fingerprint density at radius 1 is 0.857 bits per heavy atom. The van der Waals surface area contributed by atoms with Gasteiger partial charge in [-0.05, 0) is 0 Å². The van der Waals surface area contributed by atoms with Gasteiger partial charge in [-0.25, -0.2) is 0 Å². The minimum absolute atomic E-state index is 0.265. The first-order chi connectivity index (χ1) is 6.14. The van der Waals surface area contributed by atoms with Crippen LogP contribution in [0.2, 0.25) is 3.93 Å². The molecule has 0 aromatic heterocycles. The number of allylic oxidation sites excluding steroid dienone is 4. The van der Waals surface area contributed by atoms with Crippen LogP contribution < -0.4 is 0 Å². The summed E-state index contributed by atoms with van der Waals surface area (Å²) in [5.74, 6) is 0. The minimum atomic E-state index is -3.28. The Morgan fingerprint density at radius 3 is 1.29 bits per heavy atom. The van der Waals surface area contributed by atoms with Gasteiger partial charge in [-0.3, -0.25) is 0 Å². The van der Waals surface area contributed by atoms with Crippen molar-refractivity contribution in [3.05, 3.63) is 22.3 Å². The van der Waals surface area contributed by atoms with Crippen molar-refractivity contribution in [3.8, 4) is 0 Å². The van der Waals surface area contributed by atoms with Crippen molar-refractivity contribution in [1.82, 2.24) is 0 Å². The molecule has 0 heterocycles. The van der Waals surface area contributed by atoms with Crippen LogP contribution in [0.25, 0.3) is 0 Å². The molecule has 1 aliphatic rings. The number of halogens is 3. The van der Waals surface area contributed by atoms with E-state index in [1.807, 2.05) is 0 Å². The fourth-order valence-corrected chi connectivity index (χ4v) is 9.39. The van der Waals surface area contributed by atoms with Gasteiger partial charge in [0.05, 0.1) is 0 Å². The van der Waals surface area contributed by atoms with E-state index in [9.17, 15) is 0 Å². The van der Waals surface area contributed by atoms with Crippen molar-refractivity contribution >= 4 is 28.8 Å². The Morgan fingerprint density at radius 2 is 1.14 bits per heavy atom. The van der Waals surface area contributed by atoms with Gasteiger partial charge in [0.2, 0.25) is 0 Å². The molecule has 0 N–H and O–H groups in total. The van der Waals surface area contributed by atoms with Crippen LogP contribution in [0.1, 0.15) is 34.6 Å². The fourth-order valence-electron chi connectivity index (χ4n) is 1.81. The summed E-state index contributed by atoms with van der Waals surface area (Å²) in [5, 5.41) is 0. The first-order valence-electron chi connectivity index (χ1n) is 4.29. The van der Waals surface area contributed by atoms with Gasteiger partial charge in [-0.1, -0.05) is 0 Å². The maximum atomic E-state index is 6.25. The van der Waals surface area contributed by atoms with Gasteiger partial charge in [0.25, 0.3) is 0 Å². The van der Waals surface area contributed by atoms with Crippen molar-refractivity contribution in [3.63, 3.8) is 0 Å². The van der Waals surface area contributed by atoms with E-state index >= 15 is 0 Å². The summed E-state index contributed by atoms with van der Waals surface area (Å²) in [5.41, 5.74) is 5.07. The van der Waals surface area contributed by atoms with Gasteiger partial charge in [0.1, 0.15) is 0 Å². The first kappa shape index (κ1) is 13.1. The molecular weight excluding hydrogens is 419 g/mol. The number of hydrogen-bond acceptors (Lipinski definition) is 0. The van der Waals surface area contributed by atoms with Gasteiger partial charge in [0, 0.05) is 0 Å². The molecule has 0 radical (unpaired) electrons. The van der Waals surface area contributed by atoms with Crippen LogP contribution in [-0.4, -0.2) is 0 Å². The van der Waals surface area contributed by atoms with E-state index in [0.29, 0.717) is 0 Å². The zero-order valence-electron chi connectivity index (χ0n) is 8.97. The van der Waals surface area contributed by atoms with Crippen LogP contribution in [0.4, 0.5) is 0 Å². The molecule has 0 amide bonds. The zero-order valence-corrected chi connectivity index (χ0v) is 13.6. The van der Waals surface area contributed by atoms with Gasteiger partial charge in [-0.15, -0.1) is 0 Å². The third kappa shape index (κ3) is 1.62. The summed E-state index contributed by atoms with van der Waals surface area (Å²) in [7, 11) is 18.8. The molecule has 0 unspecified atom stereocenters. The van der Waals surface area contributed by atoms with Crippen molar-refractivity contribution < 1.29 is 12.2 Å². The molecule has 0 bridgehead atoms. The molecule has 4 heteroatoms. The predicted molar refractivity (Wildman–Crippen MR) is 62.7 cm³/mol. The van der Waals surface area contributed by atoms with E-state index in [1.165, 1.54) is 22.3 Å². The maximum absolute atomic E-state index is 6.25. The quantitative estimate of drug-likeness (QED) is 0.514. The van der Waals surface area contributed by atoms with Crippen molar-refractivity contribution in [1.29, 1.82) is 0 Å². The molecule has 0 aromatic carbocycles. The van der Waals surface area contributed by atoms with Crippen molar-refractivity contribution in [2.75, 3.05) is 0 Å². The first-order valence-corrected chi connectivity index (χ1v) is 14.4. The SMILES string of the molecule is CC1=C(C)[C](C)([Ir-]([Cl])([Cl])[Cl])C(C)=C1C. The van der Waals surface area contributed by atoms with Crippen LogP contribution in [0.5, 0.6) is 0 Å². The molecule has 0 saturated heterocycles. The van der Waals surface area contributed by atoms with E-state index in [2.05, 4.69) is 34.6 Å². The summed E-state index contributed by atoms with van der Waals surface area (Å²) < 4.78 is -0.265. The van der Waals surface area contributed by atoms with Gasteiger partial charge < -0.3 is 0 Å². The Bertz CT molecular complexity index is 310. The molecule has 0 saturated carbocycles. The normalized spacial score (nSPS) is 23.4. The summed E-state index contributed by atoms with van der Waals surface area (Å²) in [6.07, 6.45) is 0. The standard InChI is InChI=1S/C10H15.3ClH.Ir/c1-6-7(2)9(4)10(5)8(6)3;;;;/h1-5H3;3*1H;/q;;;;+2/p-3. The van der Waals surface area contributed by atoms with Crippen molar-refractivity contribution in [2.45, 2.75) is 38.5 Å². The predicted octanol–water partition coefficient (Wildman–Crippen LogP) is 5.47. The van der Waals surface area contributed by atoms with Crippen molar-refractivity contribution in [2.24, 2.45) is 0 Å². The average molecular weight is 434 g/mol. The van der Waals surface area contributed by atoms with E-state index in [4.69, 9.17) is 28.8 Å². The van der Waals surface area contributed by atoms with Crippen LogP contribution in [-0.2, 0) is 12.2 Å². The van der Waals surface area contributed by atoms with Crippen LogP contribution in [0, 0.1) is 0 Å². The van der Waals surface area contributed by atoms with Crippen LogP contribution >= 0.6 is 28.8 Å². The fraction of sp³-hybridized carbons (Fsp3) is 0.600. The van der Waals surface area contributed by atoms with E-state index in [1.54, 1.807) is 0 Å². The summed E-state index contributed by atoms with van der Waals surface area (Å²) in [6.45, 7) is 10.5. The van der Waals surface area contributed by atoms with Gasteiger partial charge in [0.15, 0.2) is 0 Å². The molecule has 0 aliphatic heterocycles. The molecule has 1 aliphatic carbocycles. The summed E-state index contributed by atoms with van der Waals surface area (Å²) in [6, 6.07) is 0. The molecule has 0 nitrogen and oxygen atoms in total. The van der Waals surface area contributed by atoms with E-state index in [-0.39, 0.29) is 3.93 Å². The average Bonchev–Trinajstić information content (AvgIpc) is 2.21. The summed E-state index contributed by atoms with van der Waals surface area (Å²) in [4.78, 5) is 0. The molecule has 0 fully saturated rings. The summed E-state index contributed by atoms with van der Waals surface area (Å²) >= 11 is -3.28. The molecule has 86 valence electrons. The molecule has 14 heavy (non-hydrogen) atoms. The molecular formula is C10H15Cl3Ir-. The Balaban J connectivity index is 3.42. The second kappa shape index (κ2) is 3.79. The third-order valence-electron chi connectivity index (χ3n) is 3.44.